The standard InChI is InChI=1S/C10H16O3/c1-6(2)8(11)5-9(12)10(13)7(3)4/h6-7H,5H2,1-4H3. The van der Waals surface area contributed by atoms with E-state index < -0.39 is 11.6 Å². The molecule has 0 heterocycles. The van der Waals surface area contributed by atoms with Crippen LogP contribution in [0.3, 0.4) is 0 Å². The fourth-order valence-corrected chi connectivity index (χ4v) is 0.771. The highest BCUT2D eigenvalue weighted by Crippen LogP contribution is 2.03. The maximum Gasteiger partial charge on any atom is 0.206 e. The molecule has 0 spiro atoms. The fraction of sp³-hybridized carbons (Fsp3) is 0.700. The van der Waals surface area contributed by atoms with Gasteiger partial charge in [-0.2, -0.15) is 0 Å². The maximum atomic E-state index is 11.1. The lowest BCUT2D eigenvalue weighted by Crippen LogP contribution is -2.24. The van der Waals surface area contributed by atoms with E-state index >= 15 is 0 Å². The Morgan fingerprint density at radius 1 is 0.923 bits per heavy atom. The van der Waals surface area contributed by atoms with Gasteiger partial charge in [0.15, 0.2) is 0 Å². The van der Waals surface area contributed by atoms with Gasteiger partial charge in [-0.3, -0.25) is 14.4 Å². The van der Waals surface area contributed by atoms with E-state index in [-0.39, 0.29) is 24.0 Å². The Balaban J connectivity index is 4.17. The molecule has 0 aromatic rings. The van der Waals surface area contributed by atoms with Gasteiger partial charge in [-0.15, -0.1) is 0 Å². The number of rotatable bonds is 5. The fourth-order valence-electron chi connectivity index (χ4n) is 0.771. The highest BCUT2D eigenvalue weighted by atomic mass is 16.2. The monoisotopic (exact) mass is 184 g/mol. The molecule has 0 amide bonds. The number of hydrogen-bond donors (Lipinski definition) is 0. The maximum absolute atomic E-state index is 11.1. The molecule has 0 aromatic carbocycles. The van der Waals surface area contributed by atoms with Crippen LogP contribution in [0.15, 0.2) is 0 Å². The second-order valence-electron chi connectivity index (χ2n) is 3.74. The van der Waals surface area contributed by atoms with Crippen molar-refractivity contribution in [2.45, 2.75) is 34.1 Å². The third-order valence-electron chi connectivity index (χ3n) is 1.78. The largest absolute Gasteiger partial charge is 0.299 e. The van der Waals surface area contributed by atoms with Gasteiger partial charge in [-0.05, 0) is 0 Å². The summed E-state index contributed by atoms with van der Waals surface area (Å²) in [6.45, 7) is 6.74. The summed E-state index contributed by atoms with van der Waals surface area (Å²) in [5, 5.41) is 0. The van der Waals surface area contributed by atoms with Crippen molar-refractivity contribution in [2.24, 2.45) is 11.8 Å². The number of hydrogen-bond acceptors (Lipinski definition) is 3. The Bertz CT molecular complexity index is 226. The summed E-state index contributed by atoms with van der Waals surface area (Å²) in [4.78, 5) is 33.3. The van der Waals surface area contributed by atoms with Gasteiger partial charge in [0.25, 0.3) is 0 Å². The number of carbonyl (C=O) groups is 3. The van der Waals surface area contributed by atoms with Gasteiger partial charge in [-0.25, -0.2) is 0 Å². The Kier molecular flexibility index (Phi) is 4.52. The average molecular weight is 184 g/mol. The molecule has 0 rings (SSSR count). The molecule has 0 saturated carbocycles. The van der Waals surface area contributed by atoms with Crippen molar-refractivity contribution >= 4 is 17.3 Å². The van der Waals surface area contributed by atoms with Crippen molar-refractivity contribution in [3.63, 3.8) is 0 Å². The molecule has 0 aliphatic carbocycles. The van der Waals surface area contributed by atoms with Crippen LogP contribution in [0.5, 0.6) is 0 Å². The zero-order valence-electron chi connectivity index (χ0n) is 8.59. The van der Waals surface area contributed by atoms with Crippen molar-refractivity contribution in [1.82, 2.24) is 0 Å². The van der Waals surface area contributed by atoms with Gasteiger partial charge in [-0.1, -0.05) is 27.7 Å². The van der Waals surface area contributed by atoms with Gasteiger partial charge in [0.05, 0.1) is 6.42 Å². The predicted molar refractivity (Wildman–Crippen MR) is 49.3 cm³/mol. The van der Waals surface area contributed by atoms with E-state index in [4.69, 9.17) is 0 Å². The van der Waals surface area contributed by atoms with Crippen molar-refractivity contribution in [1.29, 1.82) is 0 Å². The van der Waals surface area contributed by atoms with E-state index in [2.05, 4.69) is 0 Å². The third-order valence-corrected chi connectivity index (χ3v) is 1.78. The highest BCUT2D eigenvalue weighted by molar-refractivity contribution is 6.40. The molecule has 3 nitrogen and oxygen atoms in total. The molecule has 0 saturated heterocycles. The van der Waals surface area contributed by atoms with E-state index in [0.29, 0.717) is 0 Å². The first-order valence-electron chi connectivity index (χ1n) is 4.46. The highest BCUT2D eigenvalue weighted by Gasteiger charge is 2.21. The van der Waals surface area contributed by atoms with Crippen LogP contribution in [0.4, 0.5) is 0 Å². The number of Topliss-reactive ketones (excluding diaryl/α,β-unsaturated/α-hetero) is 3. The summed E-state index contributed by atoms with van der Waals surface area (Å²) < 4.78 is 0. The van der Waals surface area contributed by atoms with Crippen molar-refractivity contribution in [3.8, 4) is 0 Å². The SMILES string of the molecule is CC(C)C(=O)CC(=O)C(=O)C(C)C. The summed E-state index contributed by atoms with van der Waals surface area (Å²) in [5.41, 5.74) is 0. The lowest BCUT2D eigenvalue weighted by Gasteiger charge is -2.04. The molecule has 3 heteroatoms. The van der Waals surface area contributed by atoms with Crippen molar-refractivity contribution in [3.05, 3.63) is 0 Å². The lowest BCUT2D eigenvalue weighted by atomic mass is 9.98. The second kappa shape index (κ2) is 4.90. The molecule has 0 aromatic heterocycles. The van der Waals surface area contributed by atoms with Crippen LogP contribution in [-0.4, -0.2) is 17.3 Å². The van der Waals surface area contributed by atoms with Gasteiger partial charge in [0.1, 0.15) is 5.78 Å². The molecule has 0 radical (unpaired) electrons. The summed E-state index contributed by atoms with van der Waals surface area (Å²) >= 11 is 0. The van der Waals surface area contributed by atoms with E-state index in [0.717, 1.165) is 0 Å². The van der Waals surface area contributed by atoms with Gasteiger partial charge < -0.3 is 0 Å². The Labute approximate surface area is 78.5 Å². The molecular formula is C10H16O3. The van der Waals surface area contributed by atoms with Crippen molar-refractivity contribution in [2.75, 3.05) is 0 Å². The number of ketones is 3. The third kappa shape index (κ3) is 3.97. The molecule has 0 aliphatic heterocycles. The minimum Gasteiger partial charge on any atom is -0.299 e. The zero-order chi connectivity index (χ0) is 10.6. The van der Waals surface area contributed by atoms with Crippen LogP contribution < -0.4 is 0 Å². The Hall–Kier alpha value is -0.990. The molecule has 0 unspecified atom stereocenters. The zero-order valence-corrected chi connectivity index (χ0v) is 8.59. The molecule has 0 aliphatic rings. The molecule has 74 valence electrons. The molecule has 13 heavy (non-hydrogen) atoms. The van der Waals surface area contributed by atoms with Gasteiger partial charge >= 0.3 is 0 Å². The summed E-state index contributed by atoms with van der Waals surface area (Å²) in [6.07, 6.45) is -0.241. The first-order chi connectivity index (χ1) is 5.86. The van der Waals surface area contributed by atoms with Gasteiger partial charge in [0, 0.05) is 11.8 Å². The van der Waals surface area contributed by atoms with Crippen LogP contribution in [0.25, 0.3) is 0 Å². The van der Waals surface area contributed by atoms with Crippen molar-refractivity contribution < 1.29 is 14.4 Å². The molecule has 0 N–H and O–H groups in total. The first kappa shape index (κ1) is 12.0. The first-order valence-corrected chi connectivity index (χ1v) is 4.46. The normalized spacial score (nSPS) is 10.6. The number of carbonyl (C=O) groups excluding carboxylic acids is 3. The molecule has 0 bridgehead atoms. The summed E-state index contributed by atoms with van der Waals surface area (Å²) in [7, 11) is 0. The van der Waals surface area contributed by atoms with Crippen LogP contribution in [-0.2, 0) is 14.4 Å². The van der Waals surface area contributed by atoms with Gasteiger partial charge in [0.2, 0.25) is 11.6 Å². The molecular weight excluding hydrogens is 168 g/mol. The van der Waals surface area contributed by atoms with Crippen LogP contribution in [0, 0.1) is 11.8 Å². The smallest absolute Gasteiger partial charge is 0.206 e. The van der Waals surface area contributed by atoms with E-state index in [1.165, 1.54) is 0 Å². The topological polar surface area (TPSA) is 51.2 Å². The van der Waals surface area contributed by atoms with E-state index in [1.54, 1.807) is 27.7 Å². The Morgan fingerprint density at radius 2 is 1.38 bits per heavy atom. The minimum absolute atomic E-state index is 0.168. The van der Waals surface area contributed by atoms with E-state index in [9.17, 15) is 14.4 Å². The minimum atomic E-state index is -0.561. The van der Waals surface area contributed by atoms with Crippen LogP contribution >= 0.6 is 0 Å². The lowest BCUT2D eigenvalue weighted by molar-refractivity contribution is -0.140. The Morgan fingerprint density at radius 3 is 1.69 bits per heavy atom. The second-order valence-corrected chi connectivity index (χ2v) is 3.74. The average Bonchev–Trinajstić information content (AvgIpc) is 2.02. The van der Waals surface area contributed by atoms with E-state index in [1.807, 2.05) is 0 Å². The predicted octanol–water partition coefficient (Wildman–Crippen LogP) is 1.40. The van der Waals surface area contributed by atoms with Crippen LogP contribution in [0.2, 0.25) is 0 Å². The summed E-state index contributed by atoms with van der Waals surface area (Å²) in [6, 6.07) is 0. The quantitative estimate of drug-likeness (QED) is 0.479. The van der Waals surface area contributed by atoms with Crippen LogP contribution in [0.1, 0.15) is 34.1 Å². The molecule has 0 fully saturated rings. The summed E-state index contributed by atoms with van der Waals surface area (Å²) in [5.74, 6) is -1.67. The molecule has 0 atom stereocenters.